The second-order valence-electron chi connectivity index (χ2n) is 4.98. The average Bonchev–Trinajstić information content (AvgIpc) is 3.19. The van der Waals surface area contributed by atoms with Crippen molar-refractivity contribution in [2.45, 2.75) is 19.3 Å². The van der Waals surface area contributed by atoms with Gasteiger partial charge < -0.3 is 4.84 Å². The number of imide groups is 1. The summed E-state index contributed by atoms with van der Waals surface area (Å²) in [5, 5.41) is 9.38. The topological polar surface area (TPSA) is 87.5 Å². The lowest BCUT2D eigenvalue weighted by Gasteiger charge is -2.13. The summed E-state index contributed by atoms with van der Waals surface area (Å²) in [6.07, 6.45) is 1.18. The van der Waals surface area contributed by atoms with Crippen molar-refractivity contribution < 1.29 is 19.2 Å². The first-order valence-electron chi connectivity index (χ1n) is 6.16. The summed E-state index contributed by atoms with van der Waals surface area (Å²) in [6, 6.07) is 8.32. The zero-order valence-corrected chi connectivity index (χ0v) is 10.5. The molecule has 2 amide bonds. The zero-order chi connectivity index (χ0) is 14.3. The molecule has 1 aliphatic heterocycles. The first kappa shape index (κ1) is 12.4. The number of hydroxylamine groups is 2. The summed E-state index contributed by atoms with van der Waals surface area (Å²) >= 11 is 0. The lowest BCUT2D eigenvalue weighted by Crippen LogP contribution is -2.33. The van der Waals surface area contributed by atoms with E-state index in [0.717, 1.165) is 0 Å². The van der Waals surface area contributed by atoms with E-state index in [9.17, 15) is 14.4 Å². The van der Waals surface area contributed by atoms with Gasteiger partial charge in [0.2, 0.25) is 0 Å². The van der Waals surface area contributed by atoms with Crippen molar-refractivity contribution in [1.29, 1.82) is 5.26 Å². The van der Waals surface area contributed by atoms with E-state index in [2.05, 4.69) is 6.07 Å². The highest BCUT2D eigenvalue weighted by Crippen LogP contribution is 2.48. The van der Waals surface area contributed by atoms with Crippen LogP contribution in [0.4, 0.5) is 0 Å². The molecule has 3 rings (SSSR count). The Morgan fingerprint density at radius 1 is 1.25 bits per heavy atom. The number of hydrogen-bond acceptors (Lipinski definition) is 5. The van der Waals surface area contributed by atoms with Gasteiger partial charge in [-0.1, -0.05) is 17.2 Å². The Labute approximate surface area is 114 Å². The molecule has 1 aromatic rings. The van der Waals surface area contributed by atoms with Gasteiger partial charge in [0.1, 0.15) is 0 Å². The van der Waals surface area contributed by atoms with Crippen LogP contribution in [-0.4, -0.2) is 22.8 Å². The number of hydrogen-bond donors (Lipinski definition) is 0. The maximum atomic E-state index is 12.0. The summed E-state index contributed by atoms with van der Waals surface area (Å²) in [5.41, 5.74) is -0.242. The largest absolute Gasteiger partial charge is 0.334 e. The van der Waals surface area contributed by atoms with Gasteiger partial charge in [0.15, 0.2) is 0 Å². The molecule has 1 saturated carbocycles. The fraction of sp³-hybridized carbons (Fsp3) is 0.286. The first-order chi connectivity index (χ1) is 9.56. The van der Waals surface area contributed by atoms with E-state index in [1.54, 1.807) is 12.1 Å². The number of carbonyl (C=O) groups excluding carboxylic acids is 3. The van der Waals surface area contributed by atoms with E-state index < -0.39 is 23.2 Å². The summed E-state index contributed by atoms with van der Waals surface area (Å²) in [4.78, 5) is 40.5. The van der Waals surface area contributed by atoms with Crippen LogP contribution in [0, 0.1) is 16.7 Å². The molecule has 1 aromatic carbocycles. The van der Waals surface area contributed by atoms with Crippen LogP contribution in [0.1, 0.15) is 40.0 Å². The Bertz CT molecular complexity index is 635. The average molecular weight is 270 g/mol. The Balaban J connectivity index is 1.74. The third-order valence-corrected chi connectivity index (χ3v) is 3.52. The zero-order valence-electron chi connectivity index (χ0n) is 10.5. The van der Waals surface area contributed by atoms with Crippen LogP contribution in [0.5, 0.6) is 0 Å². The Morgan fingerprint density at radius 2 is 1.80 bits per heavy atom. The fourth-order valence-electron chi connectivity index (χ4n) is 2.14. The van der Waals surface area contributed by atoms with Crippen LogP contribution in [0.25, 0.3) is 0 Å². The standard InChI is InChI=1S/C14H10N2O4/c15-8-14(5-6-14)7-11(17)20-16-12(18)9-3-1-2-4-10(9)13(16)19/h1-4H,5-7H2. The number of benzene rings is 1. The fourth-order valence-corrected chi connectivity index (χ4v) is 2.14. The molecule has 0 unspecified atom stereocenters. The van der Waals surface area contributed by atoms with Gasteiger partial charge in [0.05, 0.1) is 29.0 Å². The van der Waals surface area contributed by atoms with Crippen molar-refractivity contribution in [3.05, 3.63) is 35.4 Å². The molecule has 6 nitrogen and oxygen atoms in total. The molecule has 6 heteroatoms. The van der Waals surface area contributed by atoms with Gasteiger partial charge in [0, 0.05) is 0 Å². The second kappa shape index (κ2) is 4.17. The SMILES string of the molecule is N#CC1(CC(=O)ON2C(=O)c3ccccc3C2=O)CC1. The molecule has 2 aliphatic rings. The molecule has 0 spiro atoms. The normalized spacial score (nSPS) is 18.4. The molecule has 0 radical (unpaired) electrons. The van der Waals surface area contributed by atoms with E-state index in [1.807, 2.05) is 0 Å². The quantitative estimate of drug-likeness (QED) is 0.775. The van der Waals surface area contributed by atoms with Gasteiger partial charge in [0.25, 0.3) is 11.8 Å². The van der Waals surface area contributed by atoms with E-state index in [-0.39, 0.29) is 17.5 Å². The second-order valence-corrected chi connectivity index (χ2v) is 4.98. The predicted molar refractivity (Wildman–Crippen MR) is 64.9 cm³/mol. The highest BCUT2D eigenvalue weighted by Gasteiger charge is 2.47. The number of nitriles is 1. The van der Waals surface area contributed by atoms with Gasteiger partial charge in [-0.05, 0) is 25.0 Å². The minimum Gasteiger partial charge on any atom is -0.330 e. The summed E-state index contributed by atoms with van der Waals surface area (Å²) < 4.78 is 0. The van der Waals surface area contributed by atoms with E-state index >= 15 is 0 Å². The van der Waals surface area contributed by atoms with Crippen LogP contribution < -0.4 is 0 Å². The monoisotopic (exact) mass is 270 g/mol. The molecule has 1 fully saturated rings. The number of amides is 2. The molecule has 0 N–H and O–H groups in total. The third-order valence-electron chi connectivity index (χ3n) is 3.52. The molecule has 1 aliphatic carbocycles. The molecular formula is C14H10N2O4. The van der Waals surface area contributed by atoms with Crippen molar-refractivity contribution >= 4 is 17.8 Å². The lowest BCUT2D eigenvalue weighted by atomic mass is 10.1. The minimum absolute atomic E-state index is 0.100. The number of rotatable bonds is 3. The molecule has 0 bridgehead atoms. The van der Waals surface area contributed by atoms with Gasteiger partial charge in [-0.2, -0.15) is 5.26 Å². The van der Waals surface area contributed by atoms with Crippen LogP contribution >= 0.6 is 0 Å². The Hall–Kier alpha value is -2.68. The van der Waals surface area contributed by atoms with Gasteiger partial charge in [-0.3, -0.25) is 9.59 Å². The molecule has 0 atom stereocenters. The smallest absolute Gasteiger partial charge is 0.330 e. The highest BCUT2D eigenvalue weighted by atomic mass is 16.7. The van der Waals surface area contributed by atoms with Gasteiger partial charge >= 0.3 is 5.97 Å². The Morgan fingerprint density at radius 3 is 2.25 bits per heavy atom. The number of fused-ring (bicyclic) bond motifs is 1. The van der Waals surface area contributed by atoms with E-state index in [1.165, 1.54) is 12.1 Å². The van der Waals surface area contributed by atoms with Crippen LogP contribution in [0.2, 0.25) is 0 Å². The third kappa shape index (κ3) is 1.84. The molecule has 100 valence electrons. The van der Waals surface area contributed by atoms with Crippen molar-refractivity contribution in [2.24, 2.45) is 5.41 Å². The predicted octanol–water partition coefficient (Wildman–Crippen LogP) is 1.43. The minimum atomic E-state index is -0.737. The lowest BCUT2D eigenvalue weighted by molar-refractivity contribution is -0.169. The summed E-state index contributed by atoms with van der Waals surface area (Å²) in [7, 11) is 0. The van der Waals surface area contributed by atoms with Crippen molar-refractivity contribution in [3.8, 4) is 6.07 Å². The van der Waals surface area contributed by atoms with Crippen LogP contribution in [0.15, 0.2) is 24.3 Å². The molecule has 0 aromatic heterocycles. The maximum Gasteiger partial charge on any atom is 0.334 e. The molecule has 20 heavy (non-hydrogen) atoms. The van der Waals surface area contributed by atoms with Crippen molar-refractivity contribution in [1.82, 2.24) is 5.06 Å². The molecule has 0 saturated heterocycles. The summed E-state index contributed by atoms with van der Waals surface area (Å²) in [6.45, 7) is 0. The number of carbonyl (C=O) groups is 3. The van der Waals surface area contributed by atoms with E-state index in [0.29, 0.717) is 17.9 Å². The van der Waals surface area contributed by atoms with Crippen LogP contribution in [-0.2, 0) is 9.63 Å². The van der Waals surface area contributed by atoms with Gasteiger partial charge in [-0.15, -0.1) is 0 Å². The number of nitrogens with zero attached hydrogens (tertiary/aromatic N) is 2. The van der Waals surface area contributed by atoms with Crippen LogP contribution in [0.3, 0.4) is 0 Å². The highest BCUT2D eigenvalue weighted by molar-refractivity contribution is 6.20. The van der Waals surface area contributed by atoms with Crippen molar-refractivity contribution in [2.75, 3.05) is 0 Å². The summed E-state index contributed by atoms with van der Waals surface area (Å²) in [5.74, 6) is -2.04. The molecular weight excluding hydrogens is 260 g/mol. The first-order valence-corrected chi connectivity index (χ1v) is 6.16. The Kier molecular flexibility index (Phi) is 2.57. The molecule has 1 heterocycles. The maximum absolute atomic E-state index is 12.0. The van der Waals surface area contributed by atoms with Crippen molar-refractivity contribution in [3.63, 3.8) is 0 Å². The van der Waals surface area contributed by atoms with Gasteiger partial charge in [-0.25, -0.2) is 4.79 Å². The van der Waals surface area contributed by atoms with E-state index in [4.69, 9.17) is 10.1 Å².